The van der Waals surface area contributed by atoms with Crippen LogP contribution in [0.25, 0.3) is 0 Å². The number of aromatic amines is 1. The second-order valence-electron chi connectivity index (χ2n) is 4.27. The summed E-state index contributed by atoms with van der Waals surface area (Å²) in [6.45, 7) is 5.25. The molecule has 1 rings (SSSR count). The van der Waals surface area contributed by atoms with Crippen LogP contribution in [0, 0.1) is 13.8 Å². The molecule has 0 fully saturated rings. The van der Waals surface area contributed by atoms with Crippen molar-refractivity contribution in [2.24, 2.45) is 0 Å². The Morgan fingerprint density at radius 2 is 2.05 bits per heavy atom. The van der Waals surface area contributed by atoms with Crippen molar-refractivity contribution >= 4 is 15.9 Å². The van der Waals surface area contributed by atoms with Gasteiger partial charge in [0, 0.05) is 13.6 Å². The smallest absolute Gasteiger partial charge is 0.247 e. The molecule has 0 aliphatic heterocycles. The van der Waals surface area contributed by atoms with E-state index in [2.05, 4.69) is 15.5 Å². The van der Waals surface area contributed by atoms with Gasteiger partial charge in [0.2, 0.25) is 15.9 Å². The lowest BCUT2D eigenvalue weighted by molar-refractivity contribution is -0.120. The van der Waals surface area contributed by atoms with Gasteiger partial charge >= 0.3 is 0 Å². The first-order chi connectivity index (χ1) is 8.84. The molecule has 2 N–H and O–H groups in total. The Balaban J connectivity index is 3.17. The molecule has 0 aliphatic rings. The number of carbonyl (C=O) groups excluding carboxylic acids is 1. The van der Waals surface area contributed by atoms with Crippen molar-refractivity contribution in [3.05, 3.63) is 11.4 Å². The van der Waals surface area contributed by atoms with Crippen molar-refractivity contribution in [1.29, 1.82) is 0 Å². The summed E-state index contributed by atoms with van der Waals surface area (Å²) in [6, 6.07) is 0. The maximum absolute atomic E-state index is 12.6. The number of carbonyl (C=O) groups is 1. The number of hydrogen-bond acceptors (Lipinski definition) is 4. The van der Waals surface area contributed by atoms with E-state index in [1.807, 2.05) is 6.92 Å². The summed E-state index contributed by atoms with van der Waals surface area (Å²) >= 11 is 0. The Hall–Kier alpha value is -1.41. The molecule has 0 aromatic carbocycles. The second kappa shape index (κ2) is 6.16. The Bertz CT molecular complexity index is 531. The van der Waals surface area contributed by atoms with E-state index in [0.29, 0.717) is 24.4 Å². The molecule has 1 aromatic heterocycles. The molecule has 7 nitrogen and oxygen atoms in total. The molecule has 0 atom stereocenters. The fourth-order valence-electron chi connectivity index (χ4n) is 1.82. The van der Waals surface area contributed by atoms with Crippen LogP contribution in [0.1, 0.15) is 24.7 Å². The van der Waals surface area contributed by atoms with E-state index in [-0.39, 0.29) is 17.3 Å². The Labute approximate surface area is 113 Å². The van der Waals surface area contributed by atoms with Crippen molar-refractivity contribution in [2.75, 3.05) is 20.1 Å². The van der Waals surface area contributed by atoms with E-state index in [1.54, 1.807) is 13.8 Å². The fraction of sp³-hybridized carbons (Fsp3) is 0.636. The average molecular weight is 288 g/mol. The van der Waals surface area contributed by atoms with Gasteiger partial charge in [-0.05, 0) is 20.3 Å². The number of aryl methyl sites for hydroxylation is 2. The summed E-state index contributed by atoms with van der Waals surface area (Å²) in [6.07, 6.45) is 0.631. The van der Waals surface area contributed by atoms with Gasteiger partial charge in [0.25, 0.3) is 0 Å². The summed E-state index contributed by atoms with van der Waals surface area (Å²) < 4.78 is 26.3. The standard InChI is InChI=1S/C11H20N4O3S/c1-5-6-15(7-10(16)12-4)19(17,18)11-8(2)13-14-9(11)3/h5-7H2,1-4H3,(H,12,16)(H,13,14). The summed E-state index contributed by atoms with van der Waals surface area (Å²) in [5.41, 5.74) is 0.894. The number of sulfonamides is 1. The molecule has 0 saturated carbocycles. The van der Waals surface area contributed by atoms with Gasteiger partial charge in [-0.1, -0.05) is 6.92 Å². The molecular formula is C11H20N4O3S. The minimum atomic E-state index is -3.71. The summed E-state index contributed by atoms with van der Waals surface area (Å²) in [7, 11) is -2.23. The SMILES string of the molecule is CCCN(CC(=O)NC)S(=O)(=O)c1c(C)n[nH]c1C. The summed E-state index contributed by atoms with van der Waals surface area (Å²) in [5.74, 6) is -0.337. The maximum atomic E-state index is 12.6. The van der Waals surface area contributed by atoms with Crippen molar-refractivity contribution in [3.8, 4) is 0 Å². The molecule has 8 heteroatoms. The summed E-state index contributed by atoms with van der Waals surface area (Å²) in [5, 5.41) is 8.98. The molecule has 1 aromatic rings. The number of nitrogens with one attached hydrogen (secondary N) is 2. The third-order valence-corrected chi connectivity index (χ3v) is 4.84. The molecular weight excluding hydrogens is 268 g/mol. The van der Waals surface area contributed by atoms with Gasteiger partial charge in [0.1, 0.15) is 4.90 Å². The normalized spacial score (nSPS) is 11.8. The molecule has 0 aliphatic carbocycles. The summed E-state index contributed by atoms with van der Waals surface area (Å²) in [4.78, 5) is 11.6. The van der Waals surface area contributed by atoms with Gasteiger partial charge < -0.3 is 5.32 Å². The Morgan fingerprint density at radius 3 is 2.47 bits per heavy atom. The number of amides is 1. The highest BCUT2D eigenvalue weighted by molar-refractivity contribution is 7.89. The van der Waals surface area contributed by atoms with E-state index in [1.165, 1.54) is 11.4 Å². The zero-order valence-electron chi connectivity index (χ0n) is 11.6. The maximum Gasteiger partial charge on any atom is 0.247 e. The minimum Gasteiger partial charge on any atom is -0.358 e. The first kappa shape index (κ1) is 15.6. The van der Waals surface area contributed by atoms with E-state index < -0.39 is 10.0 Å². The second-order valence-corrected chi connectivity index (χ2v) is 6.15. The number of aromatic nitrogens is 2. The van der Waals surface area contributed by atoms with Crippen LogP contribution >= 0.6 is 0 Å². The van der Waals surface area contributed by atoms with Gasteiger partial charge in [-0.25, -0.2) is 8.42 Å². The minimum absolute atomic E-state index is 0.157. The molecule has 1 amide bonds. The topological polar surface area (TPSA) is 95.2 Å². The zero-order chi connectivity index (χ0) is 14.6. The van der Waals surface area contributed by atoms with Crippen LogP contribution in [0.2, 0.25) is 0 Å². The predicted molar refractivity (Wildman–Crippen MR) is 71.2 cm³/mol. The lowest BCUT2D eigenvalue weighted by Gasteiger charge is -2.20. The van der Waals surface area contributed by atoms with Gasteiger partial charge in [0.15, 0.2) is 0 Å². The molecule has 0 bridgehead atoms. The highest BCUT2D eigenvalue weighted by Crippen LogP contribution is 2.21. The lowest BCUT2D eigenvalue weighted by atomic mass is 10.4. The first-order valence-corrected chi connectivity index (χ1v) is 7.50. The Morgan fingerprint density at radius 1 is 1.42 bits per heavy atom. The Kier molecular flexibility index (Phi) is 5.07. The number of likely N-dealkylation sites (N-methyl/N-ethyl adjacent to an activating group) is 1. The number of rotatable bonds is 6. The van der Waals surface area contributed by atoms with Crippen LogP contribution < -0.4 is 5.32 Å². The molecule has 0 spiro atoms. The van der Waals surface area contributed by atoms with E-state index in [0.717, 1.165) is 0 Å². The van der Waals surface area contributed by atoms with Crippen molar-refractivity contribution < 1.29 is 13.2 Å². The van der Waals surface area contributed by atoms with Gasteiger partial charge in [-0.3, -0.25) is 9.89 Å². The molecule has 19 heavy (non-hydrogen) atoms. The molecule has 1 heterocycles. The quantitative estimate of drug-likeness (QED) is 0.780. The zero-order valence-corrected chi connectivity index (χ0v) is 12.5. The average Bonchev–Trinajstić information content (AvgIpc) is 2.68. The third-order valence-electron chi connectivity index (χ3n) is 2.73. The van der Waals surface area contributed by atoms with Crippen LogP contribution in [0.3, 0.4) is 0 Å². The van der Waals surface area contributed by atoms with Crippen LogP contribution in [0.5, 0.6) is 0 Å². The molecule has 0 saturated heterocycles. The van der Waals surface area contributed by atoms with E-state index in [4.69, 9.17) is 0 Å². The van der Waals surface area contributed by atoms with Crippen LogP contribution in [-0.2, 0) is 14.8 Å². The molecule has 0 radical (unpaired) electrons. The van der Waals surface area contributed by atoms with Crippen LogP contribution in [0.15, 0.2) is 4.90 Å². The predicted octanol–water partition coefficient (Wildman–Crippen LogP) is 0.173. The fourth-order valence-corrected chi connectivity index (χ4v) is 3.64. The van der Waals surface area contributed by atoms with Crippen molar-refractivity contribution in [2.45, 2.75) is 32.1 Å². The highest BCUT2D eigenvalue weighted by atomic mass is 32.2. The number of hydrogen-bond donors (Lipinski definition) is 2. The van der Waals surface area contributed by atoms with E-state index in [9.17, 15) is 13.2 Å². The van der Waals surface area contributed by atoms with E-state index >= 15 is 0 Å². The van der Waals surface area contributed by atoms with Crippen LogP contribution in [0.4, 0.5) is 0 Å². The highest BCUT2D eigenvalue weighted by Gasteiger charge is 2.30. The van der Waals surface area contributed by atoms with Crippen LogP contribution in [-0.4, -0.2) is 49.0 Å². The van der Waals surface area contributed by atoms with Gasteiger partial charge in [-0.2, -0.15) is 9.40 Å². The van der Waals surface area contributed by atoms with Crippen molar-refractivity contribution in [3.63, 3.8) is 0 Å². The first-order valence-electron chi connectivity index (χ1n) is 6.06. The number of nitrogens with zero attached hydrogens (tertiary/aromatic N) is 2. The van der Waals surface area contributed by atoms with Gasteiger partial charge in [0.05, 0.1) is 17.9 Å². The third kappa shape index (κ3) is 3.32. The van der Waals surface area contributed by atoms with Gasteiger partial charge in [-0.15, -0.1) is 0 Å². The lowest BCUT2D eigenvalue weighted by Crippen LogP contribution is -2.40. The molecule has 108 valence electrons. The number of H-pyrrole nitrogens is 1. The monoisotopic (exact) mass is 288 g/mol. The molecule has 0 unspecified atom stereocenters. The largest absolute Gasteiger partial charge is 0.358 e. The van der Waals surface area contributed by atoms with Crippen molar-refractivity contribution in [1.82, 2.24) is 19.8 Å².